The lowest BCUT2D eigenvalue weighted by Crippen LogP contribution is -2.24. The second-order valence-corrected chi connectivity index (χ2v) is 6.36. The number of alkyl halides is 3. The van der Waals surface area contributed by atoms with E-state index in [1.807, 2.05) is 0 Å². The van der Waals surface area contributed by atoms with E-state index in [0.29, 0.717) is 11.5 Å². The molecule has 126 valence electrons. The second kappa shape index (κ2) is 6.20. The van der Waals surface area contributed by atoms with Crippen LogP contribution in [0, 0.1) is 13.8 Å². The summed E-state index contributed by atoms with van der Waals surface area (Å²) in [6.07, 6.45) is -4.90. The molecule has 1 aromatic carbocycles. The minimum Gasteiger partial charge on any atom is -0.444 e. The third-order valence-electron chi connectivity index (χ3n) is 2.84. The number of benzene rings is 1. The first kappa shape index (κ1) is 17.3. The van der Waals surface area contributed by atoms with Crippen LogP contribution in [0.3, 0.4) is 0 Å². The Morgan fingerprint density at radius 2 is 2.00 bits per heavy atom. The number of rotatable bonds is 5. The predicted molar refractivity (Wildman–Crippen MR) is 73.1 cm³/mol. The van der Waals surface area contributed by atoms with Crippen LogP contribution >= 0.6 is 0 Å². The van der Waals surface area contributed by atoms with E-state index in [2.05, 4.69) is 14.4 Å². The van der Waals surface area contributed by atoms with Crippen LogP contribution in [0.25, 0.3) is 0 Å². The normalized spacial score (nSPS) is 12.4. The Kier molecular flexibility index (Phi) is 4.66. The van der Waals surface area contributed by atoms with Gasteiger partial charge >= 0.3 is 6.36 Å². The molecule has 0 spiro atoms. The number of sulfonamides is 1. The lowest BCUT2D eigenvalue weighted by molar-refractivity contribution is -0.274. The smallest absolute Gasteiger partial charge is 0.444 e. The molecule has 2 rings (SSSR count). The van der Waals surface area contributed by atoms with Gasteiger partial charge in [-0.15, -0.1) is 13.2 Å². The molecule has 0 saturated heterocycles. The SMILES string of the molecule is Cc1nc(CNS(=O)(=O)c2cccc(OC(F)(F)F)c2)oc1C. The van der Waals surface area contributed by atoms with Crippen LogP contribution in [-0.4, -0.2) is 19.8 Å². The summed E-state index contributed by atoms with van der Waals surface area (Å²) < 4.78 is 71.8. The third kappa shape index (κ3) is 4.70. The lowest BCUT2D eigenvalue weighted by Gasteiger charge is -2.10. The zero-order valence-electron chi connectivity index (χ0n) is 12.1. The van der Waals surface area contributed by atoms with Gasteiger partial charge in [-0.2, -0.15) is 0 Å². The molecule has 0 saturated carbocycles. The molecule has 2 aromatic rings. The number of ether oxygens (including phenoxy) is 1. The van der Waals surface area contributed by atoms with Gasteiger partial charge in [0.25, 0.3) is 0 Å². The van der Waals surface area contributed by atoms with Gasteiger partial charge in [0.15, 0.2) is 0 Å². The van der Waals surface area contributed by atoms with E-state index in [1.165, 1.54) is 0 Å². The fourth-order valence-electron chi connectivity index (χ4n) is 1.69. The highest BCUT2D eigenvalue weighted by atomic mass is 32.2. The van der Waals surface area contributed by atoms with Gasteiger partial charge in [0.05, 0.1) is 17.1 Å². The first-order valence-electron chi connectivity index (χ1n) is 6.35. The van der Waals surface area contributed by atoms with Gasteiger partial charge in [-0.05, 0) is 26.0 Å². The van der Waals surface area contributed by atoms with Gasteiger partial charge < -0.3 is 9.15 Å². The molecule has 0 aliphatic heterocycles. The molecular formula is C13H13F3N2O4S. The van der Waals surface area contributed by atoms with E-state index in [-0.39, 0.29) is 17.3 Å². The second-order valence-electron chi connectivity index (χ2n) is 4.60. The Hall–Kier alpha value is -2.07. The van der Waals surface area contributed by atoms with E-state index in [1.54, 1.807) is 13.8 Å². The highest BCUT2D eigenvalue weighted by Gasteiger charge is 2.31. The van der Waals surface area contributed by atoms with Crippen molar-refractivity contribution in [3.05, 3.63) is 41.6 Å². The number of nitrogens with zero attached hydrogens (tertiary/aromatic N) is 1. The largest absolute Gasteiger partial charge is 0.573 e. The Morgan fingerprint density at radius 3 is 2.57 bits per heavy atom. The molecule has 10 heteroatoms. The van der Waals surface area contributed by atoms with E-state index in [0.717, 1.165) is 24.3 Å². The van der Waals surface area contributed by atoms with Crippen LogP contribution in [0.1, 0.15) is 17.3 Å². The minimum atomic E-state index is -4.90. The van der Waals surface area contributed by atoms with E-state index >= 15 is 0 Å². The maximum Gasteiger partial charge on any atom is 0.573 e. The minimum absolute atomic E-state index is 0.159. The summed E-state index contributed by atoms with van der Waals surface area (Å²) >= 11 is 0. The highest BCUT2D eigenvalue weighted by Crippen LogP contribution is 2.24. The molecule has 23 heavy (non-hydrogen) atoms. The Labute approximate surface area is 130 Å². The van der Waals surface area contributed by atoms with Crippen molar-refractivity contribution in [2.24, 2.45) is 0 Å². The number of aromatic nitrogens is 1. The maximum atomic E-state index is 12.2. The Bertz CT molecular complexity index is 780. The van der Waals surface area contributed by atoms with Crippen molar-refractivity contribution in [3.8, 4) is 5.75 Å². The standard InChI is InChI=1S/C13H13F3N2O4S/c1-8-9(2)21-12(18-8)7-17-23(19,20)11-5-3-4-10(6-11)22-13(14,15)16/h3-6,17H,7H2,1-2H3. The van der Waals surface area contributed by atoms with Crippen LogP contribution in [0.4, 0.5) is 13.2 Å². The highest BCUT2D eigenvalue weighted by molar-refractivity contribution is 7.89. The van der Waals surface area contributed by atoms with Gasteiger partial charge in [0, 0.05) is 6.07 Å². The van der Waals surface area contributed by atoms with E-state index < -0.39 is 22.1 Å². The van der Waals surface area contributed by atoms with Gasteiger partial charge in [0.2, 0.25) is 15.9 Å². The topological polar surface area (TPSA) is 81.4 Å². The summed E-state index contributed by atoms with van der Waals surface area (Å²) in [5.74, 6) is 0.0919. The molecule has 6 nitrogen and oxygen atoms in total. The van der Waals surface area contributed by atoms with Gasteiger partial charge in [0.1, 0.15) is 11.5 Å². The van der Waals surface area contributed by atoms with Gasteiger partial charge in [-0.3, -0.25) is 0 Å². The van der Waals surface area contributed by atoms with Crippen LogP contribution < -0.4 is 9.46 Å². The van der Waals surface area contributed by atoms with Gasteiger partial charge in [-0.1, -0.05) is 6.07 Å². The average molecular weight is 350 g/mol. The van der Waals surface area contributed by atoms with Crippen molar-refractivity contribution in [1.82, 2.24) is 9.71 Å². The summed E-state index contributed by atoms with van der Waals surface area (Å²) in [4.78, 5) is 3.64. The molecule has 1 heterocycles. The number of oxazole rings is 1. The summed E-state index contributed by atoms with van der Waals surface area (Å²) in [7, 11) is -4.04. The van der Waals surface area contributed by atoms with Crippen molar-refractivity contribution >= 4 is 10.0 Å². The van der Waals surface area contributed by atoms with Crippen LogP contribution in [0.5, 0.6) is 5.75 Å². The van der Waals surface area contributed by atoms with E-state index in [9.17, 15) is 21.6 Å². The van der Waals surface area contributed by atoms with Crippen molar-refractivity contribution in [2.75, 3.05) is 0 Å². The molecule has 0 atom stereocenters. The van der Waals surface area contributed by atoms with Crippen LogP contribution in [0.2, 0.25) is 0 Å². The maximum absolute atomic E-state index is 12.2. The number of nitrogens with one attached hydrogen (secondary N) is 1. The summed E-state index contributed by atoms with van der Waals surface area (Å²) in [5.41, 5.74) is 0.625. The molecule has 0 amide bonds. The molecule has 0 radical (unpaired) electrons. The zero-order chi connectivity index (χ0) is 17.3. The van der Waals surface area contributed by atoms with Crippen LogP contribution in [-0.2, 0) is 16.6 Å². The van der Waals surface area contributed by atoms with Crippen molar-refractivity contribution in [1.29, 1.82) is 0 Å². The third-order valence-corrected chi connectivity index (χ3v) is 4.23. The van der Waals surface area contributed by atoms with Crippen molar-refractivity contribution in [3.63, 3.8) is 0 Å². The number of aryl methyl sites for hydroxylation is 2. The molecule has 1 aromatic heterocycles. The quantitative estimate of drug-likeness (QED) is 0.897. The lowest BCUT2D eigenvalue weighted by atomic mass is 10.3. The Morgan fingerprint density at radius 1 is 1.30 bits per heavy atom. The average Bonchev–Trinajstić information content (AvgIpc) is 2.74. The fourth-order valence-corrected chi connectivity index (χ4v) is 2.70. The Balaban J connectivity index is 2.14. The molecule has 0 bridgehead atoms. The number of halogens is 3. The molecule has 0 unspecified atom stereocenters. The molecular weight excluding hydrogens is 337 g/mol. The first-order valence-corrected chi connectivity index (χ1v) is 7.83. The fraction of sp³-hybridized carbons (Fsp3) is 0.308. The summed E-state index contributed by atoms with van der Waals surface area (Å²) in [6.45, 7) is 3.16. The van der Waals surface area contributed by atoms with Gasteiger partial charge in [-0.25, -0.2) is 18.1 Å². The monoisotopic (exact) mass is 350 g/mol. The number of hydrogen-bond donors (Lipinski definition) is 1. The summed E-state index contributed by atoms with van der Waals surface area (Å²) in [6, 6.07) is 4.09. The van der Waals surface area contributed by atoms with Crippen molar-refractivity contribution in [2.45, 2.75) is 31.7 Å². The predicted octanol–water partition coefficient (Wildman–Crippen LogP) is 2.67. The van der Waals surface area contributed by atoms with E-state index in [4.69, 9.17) is 4.42 Å². The molecule has 0 aliphatic carbocycles. The molecule has 1 N–H and O–H groups in total. The summed E-state index contributed by atoms with van der Waals surface area (Å²) in [5, 5.41) is 0. The molecule has 0 aliphatic rings. The molecule has 0 fully saturated rings. The van der Waals surface area contributed by atoms with Crippen LogP contribution in [0.15, 0.2) is 33.6 Å². The number of hydrogen-bond acceptors (Lipinski definition) is 5. The first-order chi connectivity index (χ1) is 10.6. The zero-order valence-corrected chi connectivity index (χ0v) is 13.0. The van der Waals surface area contributed by atoms with Crippen molar-refractivity contribution < 1.29 is 30.7 Å².